The minimum absolute atomic E-state index is 0.366. The number of benzene rings is 1. The molecule has 3 heteroatoms. The third kappa shape index (κ3) is 2.72. The number of unbranched alkanes of at least 4 members (excludes halogenated alkanes) is 2. The van der Waals surface area contributed by atoms with Crippen LogP contribution in [0.1, 0.15) is 61.3 Å². The predicted molar refractivity (Wildman–Crippen MR) is 83.8 cm³/mol. The summed E-state index contributed by atoms with van der Waals surface area (Å²) in [6.45, 7) is 7.96. The molecule has 1 aliphatic rings. The molecule has 0 fully saturated rings. The highest BCUT2D eigenvalue weighted by atomic mass is 16.5. The fraction of sp³-hybridized carbons (Fsp3) is 0.611. The molecular formula is C18H25NO2. The first kappa shape index (κ1) is 15.7. The van der Waals surface area contributed by atoms with Gasteiger partial charge < -0.3 is 9.84 Å². The number of rotatable bonds is 4. The van der Waals surface area contributed by atoms with Crippen LogP contribution in [0.3, 0.4) is 0 Å². The second-order valence-corrected chi connectivity index (χ2v) is 6.20. The molecule has 114 valence electrons. The van der Waals surface area contributed by atoms with Crippen LogP contribution < -0.4 is 4.74 Å². The van der Waals surface area contributed by atoms with E-state index >= 15 is 0 Å². The lowest BCUT2D eigenvalue weighted by Gasteiger charge is -2.35. The number of phenols is 1. The lowest BCUT2D eigenvalue weighted by molar-refractivity contribution is 0.0886. The molecule has 0 radical (unpaired) electrons. The van der Waals surface area contributed by atoms with Gasteiger partial charge in [-0.3, -0.25) is 0 Å². The van der Waals surface area contributed by atoms with Gasteiger partial charge in [-0.25, -0.2) is 0 Å². The minimum Gasteiger partial charge on any atom is -0.507 e. The van der Waals surface area contributed by atoms with Crippen molar-refractivity contribution in [3.63, 3.8) is 0 Å². The molecule has 1 unspecified atom stereocenters. The molecule has 2 rings (SSSR count). The Bertz CT molecular complexity index is 586. The van der Waals surface area contributed by atoms with E-state index in [1.807, 2.05) is 20.8 Å². The van der Waals surface area contributed by atoms with Crippen molar-refractivity contribution in [2.45, 2.75) is 71.8 Å². The van der Waals surface area contributed by atoms with Crippen LogP contribution in [0.5, 0.6) is 11.5 Å². The number of aromatic hydroxyl groups is 1. The summed E-state index contributed by atoms with van der Waals surface area (Å²) in [5, 5.41) is 19.8. The summed E-state index contributed by atoms with van der Waals surface area (Å²) in [7, 11) is 0. The van der Waals surface area contributed by atoms with Crippen molar-refractivity contribution in [3.05, 3.63) is 22.3 Å². The van der Waals surface area contributed by atoms with E-state index in [-0.39, 0.29) is 0 Å². The van der Waals surface area contributed by atoms with Gasteiger partial charge in [0.1, 0.15) is 17.6 Å². The van der Waals surface area contributed by atoms with Crippen molar-refractivity contribution < 1.29 is 9.84 Å². The van der Waals surface area contributed by atoms with Crippen LogP contribution in [-0.4, -0.2) is 10.7 Å². The monoisotopic (exact) mass is 287 g/mol. The molecule has 0 saturated heterocycles. The van der Waals surface area contributed by atoms with Gasteiger partial charge in [-0.1, -0.05) is 19.8 Å². The molecule has 0 aromatic heterocycles. The summed E-state index contributed by atoms with van der Waals surface area (Å²) in [5.41, 5.74) is 3.09. The maximum Gasteiger partial charge on any atom is 0.194 e. The fourth-order valence-electron chi connectivity index (χ4n) is 3.15. The molecule has 0 bridgehead atoms. The molecule has 3 nitrogen and oxygen atoms in total. The van der Waals surface area contributed by atoms with Crippen LogP contribution in [0.2, 0.25) is 0 Å². The lowest BCUT2D eigenvalue weighted by atomic mass is 9.84. The molecule has 1 aromatic carbocycles. The second-order valence-electron chi connectivity index (χ2n) is 6.20. The summed E-state index contributed by atoms with van der Waals surface area (Å²) in [6, 6.07) is 2.41. The van der Waals surface area contributed by atoms with Crippen LogP contribution >= 0.6 is 0 Å². The largest absolute Gasteiger partial charge is 0.507 e. The molecule has 1 aromatic rings. The first-order chi connectivity index (χ1) is 9.95. The van der Waals surface area contributed by atoms with Gasteiger partial charge in [0, 0.05) is 18.4 Å². The highest BCUT2D eigenvalue weighted by Crippen LogP contribution is 2.44. The molecule has 0 aliphatic carbocycles. The van der Waals surface area contributed by atoms with E-state index in [1.165, 1.54) is 0 Å². The zero-order valence-corrected chi connectivity index (χ0v) is 13.5. The molecule has 0 spiro atoms. The number of nitriles is 1. The van der Waals surface area contributed by atoms with Gasteiger partial charge in [0.05, 0.1) is 0 Å². The van der Waals surface area contributed by atoms with Gasteiger partial charge >= 0.3 is 0 Å². The zero-order valence-electron chi connectivity index (χ0n) is 13.5. The van der Waals surface area contributed by atoms with Gasteiger partial charge in [0.25, 0.3) is 0 Å². The van der Waals surface area contributed by atoms with Gasteiger partial charge in [-0.05, 0) is 50.3 Å². The maximum absolute atomic E-state index is 10.2. The third-order valence-electron chi connectivity index (χ3n) is 4.80. The highest BCUT2D eigenvalue weighted by Gasteiger charge is 2.38. The average molecular weight is 287 g/mol. The first-order valence-electron chi connectivity index (χ1n) is 7.87. The van der Waals surface area contributed by atoms with E-state index in [2.05, 4.69) is 13.0 Å². The van der Waals surface area contributed by atoms with Crippen molar-refractivity contribution in [2.24, 2.45) is 0 Å². The Morgan fingerprint density at radius 1 is 1.19 bits per heavy atom. The number of fused-ring (bicyclic) bond motifs is 1. The van der Waals surface area contributed by atoms with Gasteiger partial charge in [-0.2, -0.15) is 5.26 Å². The Kier molecular flexibility index (Phi) is 4.46. The SMILES string of the molecule is CCCCCC1(C#N)CCc2c(C)c(O)c(C)c(C)c2O1. The summed E-state index contributed by atoms with van der Waals surface area (Å²) in [5.74, 6) is 1.19. The van der Waals surface area contributed by atoms with Gasteiger partial charge in [-0.15, -0.1) is 0 Å². The number of hydrogen-bond acceptors (Lipinski definition) is 3. The summed E-state index contributed by atoms with van der Waals surface area (Å²) >= 11 is 0. The van der Waals surface area contributed by atoms with Crippen molar-refractivity contribution in [1.82, 2.24) is 0 Å². The summed E-state index contributed by atoms with van der Waals surface area (Å²) < 4.78 is 6.19. The molecule has 1 aliphatic heterocycles. The van der Waals surface area contributed by atoms with Crippen molar-refractivity contribution in [3.8, 4) is 17.6 Å². The Morgan fingerprint density at radius 2 is 1.90 bits per heavy atom. The summed E-state index contributed by atoms with van der Waals surface area (Å²) in [4.78, 5) is 0. The maximum atomic E-state index is 10.2. The average Bonchev–Trinajstić information content (AvgIpc) is 2.51. The van der Waals surface area contributed by atoms with E-state index in [0.717, 1.165) is 60.1 Å². The first-order valence-corrected chi connectivity index (χ1v) is 7.87. The number of nitrogens with zero attached hydrogens (tertiary/aromatic N) is 1. The molecule has 0 saturated carbocycles. The van der Waals surface area contributed by atoms with Crippen LogP contribution in [0, 0.1) is 32.1 Å². The van der Waals surface area contributed by atoms with Crippen LogP contribution in [0.15, 0.2) is 0 Å². The van der Waals surface area contributed by atoms with E-state index in [0.29, 0.717) is 12.2 Å². The fourth-order valence-corrected chi connectivity index (χ4v) is 3.15. The number of phenolic OH excluding ortho intramolecular Hbond substituents is 1. The molecule has 0 amide bonds. The van der Waals surface area contributed by atoms with Gasteiger partial charge in [0.15, 0.2) is 5.60 Å². The normalized spacial score (nSPS) is 20.5. The quantitative estimate of drug-likeness (QED) is 0.830. The topological polar surface area (TPSA) is 53.2 Å². The van der Waals surface area contributed by atoms with E-state index in [4.69, 9.17) is 4.74 Å². The van der Waals surface area contributed by atoms with Gasteiger partial charge in [0.2, 0.25) is 0 Å². The van der Waals surface area contributed by atoms with Crippen LogP contribution in [0.25, 0.3) is 0 Å². The van der Waals surface area contributed by atoms with E-state index < -0.39 is 5.60 Å². The molecule has 1 N–H and O–H groups in total. The van der Waals surface area contributed by atoms with E-state index in [1.54, 1.807) is 0 Å². The van der Waals surface area contributed by atoms with Crippen molar-refractivity contribution >= 4 is 0 Å². The molecule has 1 atom stereocenters. The van der Waals surface area contributed by atoms with E-state index in [9.17, 15) is 10.4 Å². The third-order valence-corrected chi connectivity index (χ3v) is 4.80. The highest BCUT2D eigenvalue weighted by molar-refractivity contribution is 5.58. The Labute approximate surface area is 127 Å². The Balaban J connectivity index is 2.37. The number of hydrogen-bond donors (Lipinski definition) is 1. The summed E-state index contributed by atoms with van der Waals surface area (Å²) in [6.07, 6.45) is 5.59. The van der Waals surface area contributed by atoms with Crippen LogP contribution in [0.4, 0.5) is 0 Å². The smallest absolute Gasteiger partial charge is 0.194 e. The Hall–Kier alpha value is -1.69. The minimum atomic E-state index is -0.692. The van der Waals surface area contributed by atoms with Crippen LogP contribution in [-0.2, 0) is 6.42 Å². The van der Waals surface area contributed by atoms with Crippen molar-refractivity contribution in [1.29, 1.82) is 5.26 Å². The second kappa shape index (κ2) is 5.97. The molecular weight excluding hydrogens is 262 g/mol. The Morgan fingerprint density at radius 3 is 2.52 bits per heavy atom. The number of ether oxygens (including phenoxy) is 1. The van der Waals surface area contributed by atoms with Crippen molar-refractivity contribution in [2.75, 3.05) is 0 Å². The predicted octanol–water partition coefficient (Wildman–Crippen LogP) is 4.49. The molecule has 21 heavy (non-hydrogen) atoms. The standard InChI is InChI=1S/C18H25NO2/c1-5-6-7-9-18(11-19)10-8-15-14(4)16(20)12(2)13(3)17(15)21-18/h20H,5-10H2,1-4H3. The zero-order chi connectivity index (χ0) is 15.6. The molecule has 1 heterocycles. The lowest BCUT2D eigenvalue weighted by Crippen LogP contribution is -2.38.